The van der Waals surface area contributed by atoms with E-state index in [9.17, 15) is 4.79 Å². The first kappa shape index (κ1) is 10.9. The lowest BCUT2D eigenvalue weighted by molar-refractivity contribution is 0.0701. The molecule has 82 valence electrons. The van der Waals surface area contributed by atoms with Crippen molar-refractivity contribution in [3.8, 4) is 0 Å². The number of aryl methyl sites for hydroxylation is 1. The normalized spacial score (nSPS) is 10.4. The maximum atomic E-state index is 11.3. The van der Waals surface area contributed by atoms with Crippen molar-refractivity contribution in [2.45, 2.75) is 6.92 Å². The van der Waals surface area contributed by atoms with Gasteiger partial charge >= 0.3 is 0 Å². The van der Waals surface area contributed by atoms with Crippen molar-refractivity contribution < 1.29 is 10.0 Å². The van der Waals surface area contributed by atoms with Crippen LogP contribution in [0.1, 0.15) is 16.1 Å². The Kier molecular flexibility index (Phi) is 2.77. The molecule has 0 aliphatic heterocycles. The van der Waals surface area contributed by atoms with Gasteiger partial charge in [-0.1, -0.05) is 23.7 Å². The molecule has 0 aliphatic rings. The molecule has 0 spiro atoms. The molecule has 4 nitrogen and oxygen atoms in total. The number of rotatable bonds is 1. The van der Waals surface area contributed by atoms with Crippen LogP contribution in [0.25, 0.3) is 10.9 Å². The molecule has 0 unspecified atom stereocenters. The number of hydrogen-bond donors (Lipinski definition) is 2. The Morgan fingerprint density at radius 3 is 2.94 bits per heavy atom. The minimum Gasteiger partial charge on any atom is -0.288 e. The summed E-state index contributed by atoms with van der Waals surface area (Å²) in [6, 6.07) is 7.01. The Hall–Kier alpha value is -1.65. The molecule has 1 aromatic heterocycles. The van der Waals surface area contributed by atoms with Gasteiger partial charge in [-0.05, 0) is 24.6 Å². The van der Waals surface area contributed by atoms with Crippen LogP contribution in [0.4, 0.5) is 0 Å². The number of fused-ring (bicyclic) bond motifs is 1. The van der Waals surface area contributed by atoms with Crippen molar-refractivity contribution in [1.82, 2.24) is 10.5 Å². The second kappa shape index (κ2) is 4.08. The summed E-state index contributed by atoms with van der Waals surface area (Å²) in [6.45, 7) is 1.86. The van der Waals surface area contributed by atoms with E-state index in [0.717, 1.165) is 10.9 Å². The number of hydroxylamine groups is 1. The number of para-hydroxylation sites is 1. The molecule has 1 heterocycles. The van der Waals surface area contributed by atoms with Crippen LogP contribution >= 0.6 is 11.6 Å². The molecule has 2 rings (SSSR count). The minimum atomic E-state index is -0.648. The maximum Gasteiger partial charge on any atom is 0.293 e. The first-order valence-electron chi connectivity index (χ1n) is 4.64. The van der Waals surface area contributed by atoms with Gasteiger partial charge < -0.3 is 0 Å². The number of aromatic nitrogens is 1. The largest absolute Gasteiger partial charge is 0.293 e. The lowest BCUT2D eigenvalue weighted by Gasteiger charge is -2.06. The number of pyridine rings is 1. The SMILES string of the molecule is Cc1cc(C(=O)NO)nc2c(Cl)cccc12. The van der Waals surface area contributed by atoms with Gasteiger partial charge in [-0.2, -0.15) is 0 Å². The zero-order valence-electron chi connectivity index (χ0n) is 8.49. The van der Waals surface area contributed by atoms with Crippen molar-refractivity contribution in [3.05, 3.63) is 40.5 Å². The highest BCUT2D eigenvalue weighted by Crippen LogP contribution is 2.24. The molecule has 0 aliphatic carbocycles. The fourth-order valence-corrected chi connectivity index (χ4v) is 1.77. The minimum absolute atomic E-state index is 0.139. The molecule has 1 amide bonds. The smallest absolute Gasteiger partial charge is 0.288 e. The molecule has 16 heavy (non-hydrogen) atoms. The second-order valence-electron chi connectivity index (χ2n) is 3.40. The third-order valence-corrected chi connectivity index (χ3v) is 2.64. The maximum absolute atomic E-state index is 11.3. The summed E-state index contributed by atoms with van der Waals surface area (Å²) in [4.78, 5) is 15.4. The number of carbonyl (C=O) groups is 1. The Morgan fingerprint density at radius 1 is 1.50 bits per heavy atom. The zero-order valence-corrected chi connectivity index (χ0v) is 9.25. The fourth-order valence-electron chi connectivity index (χ4n) is 1.56. The van der Waals surface area contributed by atoms with Gasteiger partial charge in [0, 0.05) is 5.39 Å². The molecule has 0 radical (unpaired) electrons. The molecule has 0 saturated heterocycles. The Balaban J connectivity index is 2.75. The average Bonchev–Trinajstić information content (AvgIpc) is 2.29. The van der Waals surface area contributed by atoms with E-state index in [0.29, 0.717) is 10.5 Å². The van der Waals surface area contributed by atoms with Crippen molar-refractivity contribution in [1.29, 1.82) is 0 Å². The zero-order chi connectivity index (χ0) is 11.7. The van der Waals surface area contributed by atoms with Crippen molar-refractivity contribution in [3.63, 3.8) is 0 Å². The van der Waals surface area contributed by atoms with E-state index in [-0.39, 0.29) is 5.69 Å². The molecule has 0 bridgehead atoms. The van der Waals surface area contributed by atoms with Gasteiger partial charge in [0.15, 0.2) is 0 Å². The predicted molar refractivity (Wildman–Crippen MR) is 60.7 cm³/mol. The number of amides is 1. The molecule has 0 fully saturated rings. The molecule has 2 aromatic rings. The summed E-state index contributed by atoms with van der Waals surface area (Å²) in [6.07, 6.45) is 0. The van der Waals surface area contributed by atoms with Crippen LogP contribution in [0.2, 0.25) is 5.02 Å². The Labute approximate surface area is 96.8 Å². The van der Waals surface area contributed by atoms with Crippen LogP contribution in [-0.4, -0.2) is 16.1 Å². The van der Waals surface area contributed by atoms with E-state index in [2.05, 4.69) is 4.98 Å². The van der Waals surface area contributed by atoms with Crippen LogP contribution in [0.5, 0.6) is 0 Å². The van der Waals surface area contributed by atoms with E-state index in [1.807, 2.05) is 19.1 Å². The van der Waals surface area contributed by atoms with Crippen LogP contribution in [0, 0.1) is 6.92 Å². The molecule has 2 N–H and O–H groups in total. The standard InChI is InChI=1S/C11H9ClN2O2/c1-6-5-9(11(15)14-16)13-10-7(6)3-2-4-8(10)12/h2-5,16H,1H3,(H,14,15). The fraction of sp³-hybridized carbons (Fsp3) is 0.0909. The monoisotopic (exact) mass is 236 g/mol. The topological polar surface area (TPSA) is 62.2 Å². The molecule has 1 aromatic carbocycles. The van der Waals surface area contributed by atoms with Crippen LogP contribution < -0.4 is 5.48 Å². The summed E-state index contributed by atoms with van der Waals surface area (Å²) < 4.78 is 0. The molecule has 0 saturated carbocycles. The van der Waals surface area contributed by atoms with Gasteiger partial charge in [0.2, 0.25) is 0 Å². The summed E-state index contributed by atoms with van der Waals surface area (Å²) in [7, 11) is 0. The first-order valence-corrected chi connectivity index (χ1v) is 5.01. The third kappa shape index (κ3) is 1.73. The molecular weight excluding hydrogens is 228 g/mol. The van der Waals surface area contributed by atoms with Crippen molar-refractivity contribution in [2.24, 2.45) is 0 Å². The highest BCUT2D eigenvalue weighted by Gasteiger charge is 2.10. The van der Waals surface area contributed by atoms with Crippen molar-refractivity contribution >= 4 is 28.4 Å². The lowest BCUT2D eigenvalue weighted by Crippen LogP contribution is -2.20. The van der Waals surface area contributed by atoms with E-state index in [4.69, 9.17) is 16.8 Å². The van der Waals surface area contributed by atoms with Gasteiger partial charge in [-0.3, -0.25) is 10.0 Å². The third-order valence-electron chi connectivity index (χ3n) is 2.33. The van der Waals surface area contributed by atoms with Gasteiger partial charge in [0.1, 0.15) is 5.69 Å². The highest BCUT2D eigenvalue weighted by molar-refractivity contribution is 6.35. The Bertz CT molecular complexity index is 569. The predicted octanol–water partition coefficient (Wildman–Crippen LogP) is 2.32. The molecule has 5 heteroatoms. The number of benzene rings is 1. The summed E-state index contributed by atoms with van der Waals surface area (Å²) in [5, 5.41) is 9.92. The van der Waals surface area contributed by atoms with Gasteiger partial charge in [0.05, 0.1) is 10.5 Å². The number of carbonyl (C=O) groups excluding carboxylic acids is 1. The van der Waals surface area contributed by atoms with E-state index in [1.54, 1.807) is 17.6 Å². The van der Waals surface area contributed by atoms with Gasteiger partial charge in [0.25, 0.3) is 5.91 Å². The number of halogens is 1. The average molecular weight is 237 g/mol. The summed E-state index contributed by atoms with van der Waals surface area (Å²) >= 11 is 5.99. The van der Waals surface area contributed by atoms with E-state index in [1.165, 1.54) is 0 Å². The van der Waals surface area contributed by atoms with Crippen LogP contribution in [-0.2, 0) is 0 Å². The quantitative estimate of drug-likeness (QED) is 0.590. The summed E-state index contributed by atoms with van der Waals surface area (Å²) in [5.41, 5.74) is 3.13. The second-order valence-corrected chi connectivity index (χ2v) is 3.81. The number of nitrogens with zero attached hydrogens (tertiary/aromatic N) is 1. The lowest BCUT2D eigenvalue weighted by atomic mass is 10.1. The van der Waals surface area contributed by atoms with Gasteiger partial charge in [-0.25, -0.2) is 10.5 Å². The van der Waals surface area contributed by atoms with Crippen molar-refractivity contribution in [2.75, 3.05) is 0 Å². The summed E-state index contributed by atoms with van der Waals surface area (Å²) in [5.74, 6) is -0.648. The van der Waals surface area contributed by atoms with E-state index < -0.39 is 5.91 Å². The van der Waals surface area contributed by atoms with Crippen LogP contribution in [0.3, 0.4) is 0 Å². The van der Waals surface area contributed by atoms with Gasteiger partial charge in [-0.15, -0.1) is 0 Å². The van der Waals surface area contributed by atoms with Crippen LogP contribution in [0.15, 0.2) is 24.3 Å². The molecule has 0 atom stereocenters. The molecular formula is C11H9ClN2O2. The number of nitrogens with one attached hydrogen (secondary N) is 1. The van der Waals surface area contributed by atoms with E-state index >= 15 is 0 Å². The first-order chi connectivity index (χ1) is 7.63. The Morgan fingerprint density at radius 2 is 2.25 bits per heavy atom. The highest BCUT2D eigenvalue weighted by atomic mass is 35.5. The number of hydrogen-bond acceptors (Lipinski definition) is 3.